The van der Waals surface area contributed by atoms with Gasteiger partial charge in [0.1, 0.15) is 5.58 Å². The van der Waals surface area contributed by atoms with E-state index in [2.05, 4.69) is 5.92 Å². The number of hydrogen-bond acceptors (Lipinski definition) is 3. The lowest BCUT2D eigenvalue weighted by Gasteiger charge is -2.02. The standard InChI is InChI=1S/C14H13NO2/c1-3-4-11(15)14(16)13-8-10-7-9(2)5-6-12(10)17-13/h1,5-8,11H,4,15H2,2H3. The average molecular weight is 227 g/mol. The summed E-state index contributed by atoms with van der Waals surface area (Å²) in [5.41, 5.74) is 7.46. The Hall–Kier alpha value is -2.05. The molecule has 0 aliphatic rings. The number of Topliss-reactive ketones (excluding diaryl/α,β-unsaturated/α-hetero) is 1. The Balaban J connectivity index is 2.37. The van der Waals surface area contributed by atoms with Crippen LogP contribution >= 0.6 is 0 Å². The molecule has 0 fully saturated rings. The van der Waals surface area contributed by atoms with Crippen LogP contribution in [0.2, 0.25) is 0 Å². The fourth-order valence-electron chi connectivity index (χ4n) is 1.69. The number of carbonyl (C=O) groups excluding carboxylic acids is 1. The first kappa shape index (κ1) is 11.4. The Morgan fingerprint density at radius 1 is 1.53 bits per heavy atom. The van der Waals surface area contributed by atoms with E-state index in [4.69, 9.17) is 16.6 Å². The molecule has 3 nitrogen and oxygen atoms in total. The van der Waals surface area contributed by atoms with E-state index in [-0.39, 0.29) is 18.0 Å². The Bertz CT molecular complexity index is 604. The lowest BCUT2D eigenvalue weighted by atomic mass is 10.1. The molecular weight excluding hydrogens is 214 g/mol. The zero-order chi connectivity index (χ0) is 12.4. The summed E-state index contributed by atoms with van der Waals surface area (Å²) in [6.45, 7) is 1.98. The van der Waals surface area contributed by atoms with Crippen LogP contribution in [0, 0.1) is 19.3 Å². The minimum Gasteiger partial charge on any atom is -0.453 e. The molecule has 0 amide bonds. The van der Waals surface area contributed by atoms with E-state index >= 15 is 0 Å². The maximum absolute atomic E-state index is 11.9. The van der Waals surface area contributed by atoms with Gasteiger partial charge in [-0.1, -0.05) is 11.6 Å². The first-order valence-corrected chi connectivity index (χ1v) is 5.35. The summed E-state index contributed by atoms with van der Waals surface area (Å²) < 4.78 is 5.45. The highest BCUT2D eigenvalue weighted by molar-refractivity contribution is 6.01. The molecule has 17 heavy (non-hydrogen) atoms. The molecule has 0 spiro atoms. The van der Waals surface area contributed by atoms with E-state index < -0.39 is 6.04 Å². The first-order chi connectivity index (χ1) is 8.11. The summed E-state index contributed by atoms with van der Waals surface area (Å²) in [5.74, 6) is 2.39. The summed E-state index contributed by atoms with van der Waals surface area (Å²) in [6, 6.07) is 6.75. The van der Waals surface area contributed by atoms with E-state index in [1.54, 1.807) is 6.07 Å². The number of terminal acetylenes is 1. The molecule has 0 saturated carbocycles. The van der Waals surface area contributed by atoms with Crippen LogP contribution in [0.5, 0.6) is 0 Å². The number of carbonyl (C=O) groups is 1. The second-order valence-corrected chi connectivity index (χ2v) is 4.03. The van der Waals surface area contributed by atoms with E-state index in [0.29, 0.717) is 5.58 Å². The number of aryl methyl sites for hydroxylation is 1. The molecule has 2 rings (SSSR count). The van der Waals surface area contributed by atoms with Crippen LogP contribution in [0.25, 0.3) is 11.0 Å². The van der Waals surface area contributed by atoms with Gasteiger partial charge in [-0.2, -0.15) is 0 Å². The topological polar surface area (TPSA) is 56.2 Å². The summed E-state index contributed by atoms with van der Waals surface area (Å²) in [6.07, 6.45) is 5.34. The smallest absolute Gasteiger partial charge is 0.215 e. The molecule has 1 unspecified atom stereocenters. The lowest BCUT2D eigenvalue weighted by Crippen LogP contribution is -2.29. The quantitative estimate of drug-likeness (QED) is 0.646. The minimum atomic E-state index is -0.693. The third kappa shape index (κ3) is 2.22. The maximum Gasteiger partial charge on any atom is 0.215 e. The highest BCUT2D eigenvalue weighted by Crippen LogP contribution is 2.21. The molecule has 0 saturated heterocycles. The predicted molar refractivity (Wildman–Crippen MR) is 66.7 cm³/mol. The average Bonchev–Trinajstić information content (AvgIpc) is 2.71. The number of nitrogens with two attached hydrogens (primary N) is 1. The van der Waals surface area contributed by atoms with Crippen molar-refractivity contribution in [2.45, 2.75) is 19.4 Å². The van der Waals surface area contributed by atoms with Crippen LogP contribution in [0.3, 0.4) is 0 Å². The van der Waals surface area contributed by atoms with Gasteiger partial charge in [0.25, 0.3) is 0 Å². The number of rotatable bonds is 3. The molecule has 2 N–H and O–H groups in total. The molecular formula is C14H13NO2. The number of furan rings is 1. The Labute approximate surface area is 99.6 Å². The maximum atomic E-state index is 11.9. The Kier molecular flexibility index (Phi) is 2.99. The summed E-state index contributed by atoms with van der Waals surface area (Å²) in [4.78, 5) is 11.9. The van der Waals surface area contributed by atoms with Gasteiger partial charge in [0.05, 0.1) is 6.04 Å². The zero-order valence-corrected chi connectivity index (χ0v) is 9.57. The van der Waals surface area contributed by atoms with Crippen molar-refractivity contribution >= 4 is 16.8 Å². The largest absolute Gasteiger partial charge is 0.453 e. The number of benzene rings is 1. The number of fused-ring (bicyclic) bond motifs is 1. The second kappa shape index (κ2) is 4.44. The third-order valence-electron chi connectivity index (χ3n) is 2.59. The van der Waals surface area contributed by atoms with E-state index in [1.165, 1.54) is 0 Å². The van der Waals surface area contributed by atoms with E-state index in [9.17, 15) is 4.79 Å². The van der Waals surface area contributed by atoms with Gasteiger partial charge in [-0.3, -0.25) is 4.79 Å². The van der Waals surface area contributed by atoms with Crippen LogP contribution < -0.4 is 5.73 Å². The highest BCUT2D eigenvalue weighted by Gasteiger charge is 2.18. The molecule has 0 bridgehead atoms. The lowest BCUT2D eigenvalue weighted by molar-refractivity contribution is 0.0937. The molecule has 1 aromatic heterocycles. The van der Waals surface area contributed by atoms with Gasteiger partial charge in [0.15, 0.2) is 5.76 Å². The Morgan fingerprint density at radius 2 is 2.29 bits per heavy atom. The van der Waals surface area contributed by atoms with E-state index in [0.717, 1.165) is 10.9 Å². The van der Waals surface area contributed by atoms with Crippen molar-refractivity contribution in [3.63, 3.8) is 0 Å². The monoisotopic (exact) mass is 227 g/mol. The molecule has 0 aliphatic heterocycles. The van der Waals surface area contributed by atoms with Gasteiger partial charge < -0.3 is 10.2 Å². The molecule has 86 valence electrons. The third-order valence-corrected chi connectivity index (χ3v) is 2.59. The minimum absolute atomic E-state index is 0.217. The first-order valence-electron chi connectivity index (χ1n) is 5.35. The van der Waals surface area contributed by atoms with Crippen molar-refractivity contribution in [2.24, 2.45) is 5.73 Å². The van der Waals surface area contributed by atoms with Crippen LogP contribution in [0.4, 0.5) is 0 Å². The summed E-state index contributed by atoms with van der Waals surface area (Å²) >= 11 is 0. The van der Waals surface area contributed by atoms with Gasteiger partial charge in [0.2, 0.25) is 5.78 Å². The van der Waals surface area contributed by atoms with Gasteiger partial charge in [-0.25, -0.2) is 0 Å². The van der Waals surface area contributed by atoms with Crippen molar-refractivity contribution in [2.75, 3.05) is 0 Å². The molecule has 1 heterocycles. The van der Waals surface area contributed by atoms with Gasteiger partial charge in [0, 0.05) is 11.8 Å². The molecule has 2 aromatic rings. The van der Waals surface area contributed by atoms with Gasteiger partial charge >= 0.3 is 0 Å². The molecule has 1 atom stereocenters. The SMILES string of the molecule is C#CCC(N)C(=O)c1cc2cc(C)ccc2o1. The van der Waals surface area contributed by atoms with Crippen LogP contribution in [-0.2, 0) is 0 Å². The normalized spacial score (nSPS) is 12.3. The molecule has 0 aliphatic carbocycles. The van der Waals surface area contributed by atoms with Gasteiger partial charge in [-0.15, -0.1) is 12.3 Å². The van der Waals surface area contributed by atoms with Crippen LogP contribution in [0.1, 0.15) is 22.5 Å². The summed E-state index contributed by atoms with van der Waals surface area (Å²) in [7, 11) is 0. The Morgan fingerprint density at radius 3 is 3.00 bits per heavy atom. The van der Waals surface area contributed by atoms with Crippen LogP contribution in [-0.4, -0.2) is 11.8 Å². The molecule has 0 radical (unpaired) electrons. The second-order valence-electron chi connectivity index (χ2n) is 4.03. The molecule has 3 heteroatoms. The fraction of sp³-hybridized carbons (Fsp3) is 0.214. The number of hydrogen-bond donors (Lipinski definition) is 1. The van der Waals surface area contributed by atoms with Crippen molar-refractivity contribution in [1.82, 2.24) is 0 Å². The van der Waals surface area contributed by atoms with Gasteiger partial charge in [-0.05, 0) is 25.1 Å². The van der Waals surface area contributed by atoms with Crippen molar-refractivity contribution in [3.05, 3.63) is 35.6 Å². The van der Waals surface area contributed by atoms with Crippen LogP contribution in [0.15, 0.2) is 28.7 Å². The van der Waals surface area contributed by atoms with Crippen molar-refractivity contribution in [3.8, 4) is 12.3 Å². The number of ketones is 1. The van der Waals surface area contributed by atoms with Crippen molar-refractivity contribution < 1.29 is 9.21 Å². The highest BCUT2D eigenvalue weighted by atomic mass is 16.3. The molecule has 1 aromatic carbocycles. The fourth-order valence-corrected chi connectivity index (χ4v) is 1.69. The summed E-state index contributed by atoms with van der Waals surface area (Å²) in [5, 5.41) is 0.904. The zero-order valence-electron chi connectivity index (χ0n) is 9.57. The predicted octanol–water partition coefficient (Wildman–Crippen LogP) is 2.27. The van der Waals surface area contributed by atoms with Crippen molar-refractivity contribution in [1.29, 1.82) is 0 Å². The van der Waals surface area contributed by atoms with E-state index in [1.807, 2.05) is 25.1 Å².